The van der Waals surface area contributed by atoms with Crippen molar-refractivity contribution in [2.24, 2.45) is 0 Å². The van der Waals surface area contributed by atoms with Crippen LogP contribution in [0.3, 0.4) is 0 Å². The molecule has 3 heterocycles. The van der Waals surface area contributed by atoms with Gasteiger partial charge < -0.3 is 14.2 Å². The number of benzene rings is 2. The Morgan fingerprint density at radius 1 is 0.978 bits per heavy atom. The molecule has 244 valence electrons. The van der Waals surface area contributed by atoms with Crippen LogP contribution in [0.15, 0.2) is 42.5 Å². The number of likely N-dealkylation sites (N-methyl/N-ethyl adjacent to an activating group) is 3. The fourth-order valence-electron chi connectivity index (χ4n) is 7.12. The van der Waals surface area contributed by atoms with E-state index in [1.54, 1.807) is 6.07 Å². The molecule has 0 spiro atoms. The topological polar surface area (TPSA) is 90.4 Å². The summed E-state index contributed by atoms with van der Waals surface area (Å²) < 4.78 is 39.1. The molecule has 1 amide bonds. The summed E-state index contributed by atoms with van der Waals surface area (Å²) in [6.07, 6.45) is 5.94. The van der Waals surface area contributed by atoms with Crippen molar-refractivity contribution in [3.8, 4) is 17.0 Å². The molecule has 0 saturated heterocycles. The van der Waals surface area contributed by atoms with Crippen LogP contribution in [0.5, 0.6) is 5.75 Å². The van der Waals surface area contributed by atoms with Gasteiger partial charge in [-0.15, -0.1) is 0 Å². The molecule has 1 fully saturated rings. The SMILES string of the molecule is CN(C)CCN1CCN(C)C2COc3ccccc3-c3c(C4CCCCC4)c4ccc(cc4n3C2)C(=O)NS(=O)(=O)N(C)CC1. The second-order valence-electron chi connectivity index (χ2n) is 13.3. The lowest BCUT2D eigenvalue weighted by Gasteiger charge is -2.34. The molecule has 6 rings (SSSR count). The lowest BCUT2D eigenvalue weighted by atomic mass is 9.81. The van der Waals surface area contributed by atoms with E-state index in [9.17, 15) is 13.2 Å². The number of hydrogen-bond acceptors (Lipinski definition) is 7. The van der Waals surface area contributed by atoms with E-state index in [0.29, 0.717) is 31.2 Å². The largest absolute Gasteiger partial charge is 0.491 e. The van der Waals surface area contributed by atoms with Gasteiger partial charge in [0, 0.05) is 74.9 Å². The van der Waals surface area contributed by atoms with Crippen LogP contribution < -0.4 is 9.46 Å². The van der Waals surface area contributed by atoms with Crippen LogP contribution in [0.25, 0.3) is 22.2 Å². The average molecular weight is 637 g/mol. The summed E-state index contributed by atoms with van der Waals surface area (Å²) in [5.74, 6) is 0.679. The zero-order chi connectivity index (χ0) is 31.7. The summed E-state index contributed by atoms with van der Waals surface area (Å²) >= 11 is 0. The molecule has 1 aliphatic carbocycles. The number of ether oxygens (including phenoxy) is 1. The fourth-order valence-corrected chi connectivity index (χ4v) is 7.95. The summed E-state index contributed by atoms with van der Waals surface area (Å²) in [6, 6.07) is 14.1. The quantitative estimate of drug-likeness (QED) is 0.466. The van der Waals surface area contributed by atoms with E-state index in [4.69, 9.17) is 4.74 Å². The van der Waals surface area contributed by atoms with Crippen LogP contribution in [-0.4, -0.2) is 118 Å². The van der Waals surface area contributed by atoms with Crippen LogP contribution in [0.1, 0.15) is 53.9 Å². The van der Waals surface area contributed by atoms with Gasteiger partial charge in [0.05, 0.1) is 11.7 Å². The summed E-state index contributed by atoms with van der Waals surface area (Å²) in [5, 5.41) is 1.14. The molecule has 45 heavy (non-hydrogen) atoms. The Morgan fingerprint density at radius 2 is 1.73 bits per heavy atom. The second-order valence-corrected chi connectivity index (χ2v) is 15.1. The predicted octanol–water partition coefficient (Wildman–Crippen LogP) is 3.83. The third-order valence-corrected chi connectivity index (χ3v) is 11.4. The number of fused-ring (bicyclic) bond motifs is 4. The van der Waals surface area contributed by atoms with Crippen LogP contribution >= 0.6 is 0 Å². The molecule has 2 aromatic carbocycles. The summed E-state index contributed by atoms with van der Waals surface area (Å²) in [4.78, 5) is 20.4. The molecule has 4 bridgehead atoms. The predicted molar refractivity (Wildman–Crippen MR) is 179 cm³/mol. The van der Waals surface area contributed by atoms with Gasteiger partial charge in [0.2, 0.25) is 0 Å². The Hall–Kier alpha value is -2.96. The first-order chi connectivity index (χ1) is 21.6. The summed E-state index contributed by atoms with van der Waals surface area (Å²) in [6.45, 7) is 5.36. The highest BCUT2D eigenvalue weighted by molar-refractivity contribution is 7.87. The van der Waals surface area contributed by atoms with Crippen LogP contribution in [0.4, 0.5) is 0 Å². The van der Waals surface area contributed by atoms with E-state index >= 15 is 0 Å². The third kappa shape index (κ3) is 6.78. The average Bonchev–Trinajstić information content (AvgIpc) is 3.33. The smallest absolute Gasteiger partial charge is 0.303 e. The van der Waals surface area contributed by atoms with Gasteiger partial charge in [0.15, 0.2) is 0 Å². The molecule has 1 unspecified atom stereocenters. The first-order valence-corrected chi connectivity index (χ1v) is 17.8. The van der Waals surface area contributed by atoms with Gasteiger partial charge in [-0.2, -0.15) is 12.7 Å². The minimum atomic E-state index is -4.02. The lowest BCUT2D eigenvalue weighted by molar-refractivity contribution is 0.0978. The molecule has 1 saturated carbocycles. The number of carbonyl (C=O) groups is 1. The minimum absolute atomic E-state index is 0.0936. The number of aromatic nitrogens is 1. The zero-order valence-corrected chi connectivity index (χ0v) is 28.0. The Morgan fingerprint density at radius 3 is 2.51 bits per heavy atom. The van der Waals surface area contributed by atoms with E-state index in [-0.39, 0.29) is 12.6 Å². The Labute approximate surface area is 268 Å². The number of nitrogens with one attached hydrogen (secondary N) is 1. The first-order valence-electron chi connectivity index (χ1n) is 16.4. The van der Waals surface area contributed by atoms with E-state index < -0.39 is 16.1 Å². The number of hydrogen-bond donors (Lipinski definition) is 1. The number of para-hydroxylation sites is 1. The van der Waals surface area contributed by atoms with Gasteiger partial charge in [-0.3, -0.25) is 14.6 Å². The Balaban J connectivity index is 1.51. The molecular weight excluding hydrogens is 588 g/mol. The lowest BCUT2D eigenvalue weighted by Crippen LogP contribution is -2.48. The van der Waals surface area contributed by atoms with E-state index in [0.717, 1.165) is 61.2 Å². The minimum Gasteiger partial charge on any atom is -0.491 e. The molecule has 2 aliphatic heterocycles. The van der Waals surface area contributed by atoms with Crippen molar-refractivity contribution in [2.75, 3.05) is 74.1 Å². The number of amides is 1. The van der Waals surface area contributed by atoms with Crippen molar-refractivity contribution in [1.29, 1.82) is 0 Å². The Bertz CT molecular complexity index is 1630. The molecule has 1 N–H and O–H groups in total. The molecule has 3 aromatic rings. The van der Waals surface area contributed by atoms with Gasteiger partial charge in [-0.1, -0.05) is 37.5 Å². The zero-order valence-electron chi connectivity index (χ0n) is 27.2. The standard InChI is InChI=1S/C34H48N6O4S/c1-36(2)16-19-39-20-17-37(3)27-23-40-30-22-26(34(41)35-45(42,43)38(4)18-21-39)14-15-28(30)32(25-10-6-5-7-11-25)33(40)29-12-8-9-13-31(29)44-24-27/h8-9,12-15,22,25,27H,5-7,10-11,16-21,23-24H2,1-4H3,(H,35,41). The van der Waals surface area contributed by atoms with E-state index in [1.165, 1.54) is 41.9 Å². The molecular formula is C34H48N6O4S. The summed E-state index contributed by atoms with van der Waals surface area (Å²) in [7, 11) is 3.77. The normalized spacial score (nSPS) is 22.7. The van der Waals surface area contributed by atoms with Crippen molar-refractivity contribution in [1.82, 2.24) is 28.3 Å². The monoisotopic (exact) mass is 636 g/mol. The maximum Gasteiger partial charge on any atom is 0.303 e. The molecule has 0 radical (unpaired) electrons. The highest BCUT2D eigenvalue weighted by Gasteiger charge is 2.32. The summed E-state index contributed by atoms with van der Waals surface area (Å²) in [5.41, 5.74) is 4.89. The fraction of sp³-hybridized carbons (Fsp3) is 0.559. The first kappa shape index (κ1) is 32.0. The van der Waals surface area contributed by atoms with Gasteiger partial charge in [-0.25, -0.2) is 4.72 Å². The van der Waals surface area contributed by atoms with Gasteiger partial charge in [0.25, 0.3) is 5.91 Å². The van der Waals surface area contributed by atoms with E-state index in [1.807, 2.05) is 32.3 Å². The highest BCUT2D eigenvalue weighted by atomic mass is 32.2. The highest BCUT2D eigenvalue weighted by Crippen LogP contribution is 2.47. The number of rotatable bonds is 4. The van der Waals surface area contributed by atoms with Gasteiger partial charge in [-0.05, 0) is 69.7 Å². The van der Waals surface area contributed by atoms with E-state index in [2.05, 4.69) is 49.2 Å². The van der Waals surface area contributed by atoms with Crippen molar-refractivity contribution < 1.29 is 17.9 Å². The van der Waals surface area contributed by atoms with Crippen molar-refractivity contribution in [3.63, 3.8) is 0 Å². The van der Waals surface area contributed by atoms with Gasteiger partial charge >= 0.3 is 10.2 Å². The third-order valence-electron chi connectivity index (χ3n) is 9.96. The maximum absolute atomic E-state index is 13.5. The van der Waals surface area contributed by atoms with Crippen LogP contribution in [-0.2, 0) is 16.8 Å². The number of nitrogens with zero attached hydrogens (tertiary/aromatic N) is 5. The van der Waals surface area contributed by atoms with Crippen molar-refractivity contribution in [2.45, 2.75) is 50.6 Å². The molecule has 1 aromatic heterocycles. The molecule has 10 nitrogen and oxygen atoms in total. The Kier molecular flexibility index (Phi) is 9.54. The molecule has 3 aliphatic rings. The maximum atomic E-state index is 13.5. The van der Waals surface area contributed by atoms with Crippen LogP contribution in [0, 0.1) is 0 Å². The second kappa shape index (κ2) is 13.4. The van der Waals surface area contributed by atoms with Gasteiger partial charge in [0.1, 0.15) is 12.4 Å². The molecule has 11 heteroatoms. The van der Waals surface area contributed by atoms with Crippen molar-refractivity contribution in [3.05, 3.63) is 53.6 Å². The van der Waals surface area contributed by atoms with Crippen molar-refractivity contribution >= 4 is 27.0 Å². The molecule has 1 atom stereocenters. The number of carbonyl (C=O) groups excluding carboxylic acids is 1. The van der Waals surface area contributed by atoms with Crippen LogP contribution in [0.2, 0.25) is 0 Å².